The molecule has 4 atom stereocenters. The van der Waals surface area contributed by atoms with Gasteiger partial charge in [0.25, 0.3) is 5.91 Å². The van der Waals surface area contributed by atoms with Gasteiger partial charge in [-0.1, -0.05) is 6.07 Å². The number of benzene rings is 1. The number of rotatable bonds is 2. The van der Waals surface area contributed by atoms with E-state index < -0.39 is 6.10 Å². The van der Waals surface area contributed by atoms with E-state index in [1.165, 1.54) is 0 Å². The molecular formula is C20H23N3O4. The first-order valence-electron chi connectivity index (χ1n) is 9.54. The molecule has 2 aromatic rings. The van der Waals surface area contributed by atoms with Crippen molar-refractivity contribution in [2.24, 2.45) is 11.8 Å². The lowest BCUT2D eigenvalue weighted by molar-refractivity contribution is 0.0357. The van der Waals surface area contributed by atoms with Crippen molar-refractivity contribution in [3.63, 3.8) is 0 Å². The number of aliphatic hydroxyl groups excluding tert-OH is 1. The van der Waals surface area contributed by atoms with Gasteiger partial charge in [-0.15, -0.1) is 0 Å². The fourth-order valence-electron chi connectivity index (χ4n) is 4.77. The van der Waals surface area contributed by atoms with Gasteiger partial charge in [-0.25, -0.2) is 4.98 Å². The smallest absolute Gasteiger partial charge is 0.257 e. The van der Waals surface area contributed by atoms with Crippen LogP contribution in [0.15, 0.2) is 36.9 Å². The lowest BCUT2D eigenvalue weighted by Gasteiger charge is -2.35. The molecule has 1 aliphatic carbocycles. The molecule has 0 unspecified atom stereocenters. The molecule has 2 fully saturated rings. The van der Waals surface area contributed by atoms with E-state index in [-0.39, 0.29) is 11.9 Å². The number of carbonyl (C=O) groups excluding carboxylic acids is 1. The van der Waals surface area contributed by atoms with Crippen molar-refractivity contribution in [2.75, 3.05) is 26.3 Å². The van der Waals surface area contributed by atoms with Crippen molar-refractivity contribution in [3.05, 3.63) is 42.5 Å². The van der Waals surface area contributed by atoms with Gasteiger partial charge >= 0.3 is 0 Å². The molecule has 3 heterocycles. The summed E-state index contributed by atoms with van der Waals surface area (Å²) >= 11 is 0. The van der Waals surface area contributed by atoms with Crippen molar-refractivity contribution >= 4 is 5.91 Å². The van der Waals surface area contributed by atoms with E-state index in [9.17, 15) is 9.90 Å². The van der Waals surface area contributed by atoms with Gasteiger partial charge in [-0.2, -0.15) is 0 Å². The minimum absolute atomic E-state index is 0.0135. The first kappa shape index (κ1) is 16.6. The quantitative estimate of drug-likeness (QED) is 0.873. The molecule has 1 amide bonds. The Labute approximate surface area is 157 Å². The van der Waals surface area contributed by atoms with Crippen LogP contribution in [0.3, 0.4) is 0 Å². The molecule has 1 saturated carbocycles. The van der Waals surface area contributed by atoms with Crippen LogP contribution in [0.2, 0.25) is 0 Å². The third kappa shape index (κ3) is 2.86. The Morgan fingerprint density at radius 3 is 2.78 bits per heavy atom. The lowest BCUT2D eigenvalue weighted by Crippen LogP contribution is -2.35. The van der Waals surface area contributed by atoms with Crippen molar-refractivity contribution in [1.29, 1.82) is 0 Å². The Kier molecular flexibility index (Phi) is 4.04. The summed E-state index contributed by atoms with van der Waals surface area (Å²) in [6.07, 6.45) is 6.57. The van der Waals surface area contributed by atoms with Crippen LogP contribution < -0.4 is 9.47 Å². The number of aromatic nitrogens is 2. The van der Waals surface area contributed by atoms with Crippen LogP contribution in [0.5, 0.6) is 11.5 Å². The van der Waals surface area contributed by atoms with Crippen molar-refractivity contribution in [1.82, 2.24) is 14.5 Å². The number of hydrogen-bond acceptors (Lipinski definition) is 5. The topological polar surface area (TPSA) is 76.8 Å². The fourth-order valence-corrected chi connectivity index (χ4v) is 4.77. The number of amides is 1. The molecule has 1 N–H and O–H groups in total. The van der Waals surface area contributed by atoms with Gasteiger partial charge in [-0.05, 0) is 36.8 Å². The minimum atomic E-state index is -0.406. The summed E-state index contributed by atoms with van der Waals surface area (Å²) in [5.74, 6) is 1.90. The summed E-state index contributed by atoms with van der Waals surface area (Å²) in [6.45, 7) is 2.36. The van der Waals surface area contributed by atoms with Gasteiger partial charge in [-0.3, -0.25) is 4.79 Å². The fraction of sp³-hybridized carbons (Fsp3) is 0.500. The molecule has 1 aromatic heterocycles. The number of fused-ring (bicyclic) bond motifs is 2. The van der Waals surface area contributed by atoms with Crippen LogP contribution >= 0.6 is 0 Å². The highest BCUT2D eigenvalue weighted by molar-refractivity contribution is 5.98. The van der Waals surface area contributed by atoms with E-state index in [0.29, 0.717) is 61.6 Å². The zero-order chi connectivity index (χ0) is 18.4. The first-order chi connectivity index (χ1) is 13.2. The zero-order valence-corrected chi connectivity index (χ0v) is 15.0. The first-order valence-corrected chi connectivity index (χ1v) is 9.54. The van der Waals surface area contributed by atoms with Crippen molar-refractivity contribution in [2.45, 2.75) is 25.0 Å². The molecule has 142 valence electrons. The van der Waals surface area contributed by atoms with Crippen LogP contribution in [-0.4, -0.2) is 57.9 Å². The molecule has 0 bridgehead atoms. The van der Waals surface area contributed by atoms with Crippen LogP contribution in [0, 0.1) is 11.8 Å². The Hall–Kier alpha value is -2.54. The second kappa shape index (κ2) is 6.56. The number of ether oxygens (including phenoxy) is 2. The normalized spacial score (nSPS) is 29.4. The monoisotopic (exact) mass is 369 g/mol. The van der Waals surface area contributed by atoms with Gasteiger partial charge in [0.1, 0.15) is 13.2 Å². The van der Waals surface area contributed by atoms with Crippen LogP contribution in [0.1, 0.15) is 29.2 Å². The summed E-state index contributed by atoms with van der Waals surface area (Å²) in [6, 6.07) is 5.51. The molecule has 7 heteroatoms. The van der Waals surface area contributed by atoms with E-state index in [0.717, 1.165) is 6.42 Å². The number of likely N-dealkylation sites (tertiary alicyclic amines) is 1. The van der Waals surface area contributed by atoms with Gasteiger partial charge < -0.3 is 24.0 Å². The number of aliphatic hydroxyl groups is 1. The summed E-state index contributed by atoms with van der Waals surface area (Å²) in [4.78, 5) is 19.2. The van der Waals surface area contributed by atoms with Crippen LogP contribution in [0.25, 0.3) is 0 Å². The number of imidazole rings is 1. The van der Waals surface area contributed by atoms with Gasteiger partial charge in [0, 0.05) is 25.5 Å². The largest absolute Gasteiger partial charge is 0.486 e. The standard InChI is InChI=1S/C20H23N3O4/c24-17-9-14-11-23(10-13(14)8-16(17)22-5-4-21-12-22)20(25)15-2-1-3-18-19(15)27-7-6-26-18/h1-5,12-14,16-17,24H,6-11H2/t13-,14+,16-,17-/m1/s1. The average molecular weight is 369 g/mol. The molecule has 7 nitrogen and oxygen atoms in total. The average Bonchev–Trinajstić information content (AvgIpc) is 3.35. The van der Waals surface area contributed by atoms with Crippen LogP contribution in [0.4, 0.5) is 0 Å². The number of para-hydroxylation sites is 1. The molecule has 2 aliphatic heterocycles. The van der Waals surface area contributed by atoms with Gasteiger partial charge in [0.2, 0.25) is 0 Å². The number of nitrogens with zero attached hydrogens (tertiary/aromatic N) is 3. The van der Waals surface area contributed by atoms with E-state index in [4.69, 9.17) is 9.47 Å². The Morgan fingerprint density at radius 1 is 1.15 bits per heavy atom. The second-order valence-corrected chi connectivity index (χ2v) is 7.68. The molecule has 1 saturated heterocycles. The van der Waals surface area contributed by atoms with Gasteiger partial charge in [0.15, 0.2) is 11.5 Å². The molecule has 0 spiro atoms. The highest BCUT2D eigenvalue weighted by Crippen LogP contribution is 2.42. The Morgan fingerprint density at radius 2 is 1.96 bits per heavy atom. The molecule has 3 aliphatic rings. The van der Waals surface area contributed by atoms with E-state index in [2.05, 4.69) is 4.98 Å². The predicted octanol–water partition coefficient (Wildman–Crippen LogP) is 1.74. The maximum Gasteiger partial charge on any atom is 0.257 e. The van der Waals surface area contributed by atoms with Gasteiger partial charge in [0.05, 0.1) is 24.0 Å². The second-order valence-electron chi connectivity index (χ2n) is 7.68. The highest BCUT2D eigenvalue weighted by atomic mass is 16.6. The van der Waals surface area contributed by atoms with E-state index in [1.807, 2.05) is 27.8 Å². The lowest BCUT2D eigenvalue weighted by atomic mass is 9.77. The Bertz CT molecular complexity index is 838. The molecule has 0 radical (unpaired) electrons. The zero-order valence-electron chi connectivity index (χ0n) is 15.0. The molecule has 5 rings (SSSR count). The van der Waals surface area contributed by atoms with Crippen molar-refractivity contribution < 1.29 is 19.4 Å². The van der Waals surface area contributed by atoms with Crippen molar-refractivity contribution in [3.8, 4) is 11.5 Å². The third-order valence-electron chi connectivity index (χ3n) is 6.10. The van der Waals surface area contributed by atoms with E-state index >= 15 is 0 Å². The third-order valence-corrected chi connectivity index (χ3v) is 6.10. The van der Waals surface area contributed by atoms with Crippen LogP contribution in [-0.2, 0) is 0 Å². The summed E-state index contributed by atoms with van der Waals surface area (Å²) < 4.78 is 13.3. The van der Waals surface area contributed by atoms with E-state index in [1.54, 1.807) is 18.6 Å². The number of hydrogen-bond donors (Lipinski definition) is 1. The molecule has 1 aromatic carbocycles. The molecule has 27 heavy (non-hydrogen) atoms. The maximum absolute atomic E-state index is 13.2. The maximum atomic E-state index is 13.2. The highest BCUT2D eigenvalue weighted by Gasteiger charge is 2.44. The molecular weight excluding hydrogens is 346 g/mol. The Balaban J connectivity index is 1.35. The summed E-state index contributed by atoms with van der Waals surface area (Å²) in [5.41, 5.74) is 0.567. The minimum Gasteiger partial charge on any atom is -0.486 e. The predicted molar refractivity (Wildman–Crippen MR) is 96.8 cm³/mol. The summed E-state index contributed by atoms with van der Waals surface area (Å²) in [7, 11) is 0. The number of carbonyl (C=O) groups is 1. The summed E-state index contributed by atoms with van der Waals surface area (Å²) in [5, 5.41) is 10.6. The SMILES string of the molecule is O=C(c1cccc2c1OCCO2)N1C[C@H]2C[C@@H](n3ccnc3)[C@H](O)C[C@H]2C1.